The quantitative estimate of drug-likeness (QED) is 0.384. The van der Waals surface area contributed by atoms with Crippen LogP contribution in [-0.2, 0) is 4.43 Å². The first-order valence-electron chi connectivity index (χ1n) is 10.4. The maximum absolute atomic E-state index is 6.89. The minimum absolute atomic E-state index is 0.0162. The van der Waals surface area contributed by atoms with E-state index in [0.29, 0.717) is 10.0 Å². The summed E-state index contributed by atoms with van der Waals surface area (Å²) in [5.74, 6) is 0.863. The Balaban J connectivity index is 1.73. The van der Waals surface area contributed by atoms with E-state index in [0.717, 1.165) is 41.4 Å². The molecule has 1 heterocycles. The molecular formula is C21H33Cl2NOSi. The normalized spacial score (nSPS) is 20.7. The summed E-state index contributed by atoms with van der Waals surface area (Å²) in [6.07, 6.45) is 12.9. The van der Waals surface area contributed by atoms with Crippen molar-refractivity contribution in [1.82, 2.24) is 4.98 Å². The average Bonchev–Trinajstić information content (AvgIpc) is 2.56. The first-order valence-corrected chi connectivity index (χ1v) is 13.7. The Labute approximate surface area is 170 Å². The van der Waals surface area contributed by atoms with Crippen LogP contribution in [0.2, 0.25) is 28.2 Å². The monoisotopic (exact) mass is 413 g/mol. The summed E-state index contributed by atoms with van der Waals surface area (Å²) in [6.45, 7) is 6.83. The molecule has 2 nitrogen and oxygen atoms in total. The van der Waals surface area contributed by atoms with E-state index in [1.165, 1.54) is 38.5 Å². The fraction of sp³-hybridized carbons (Fsp3) is 0.762. The van der Waals surface area contributed by atoms with Crippen molar-refractivity contribution in [2.24, 2.45) is 11.3 Å². The van der Waals surface area contributed by atoms with Crippen molar-refractivity contribution in [2.45, 2.75) is 90.0 Å². The molecule has 2 aliphatic rings. The van der Waals surface area contributed by atoms with Crippen molar-refractivity contribution in [3.8, 4) is 0 Å². The van der Waals surface area contributed by atoms with E-state index in [4.69, 9.17) is 27.6 Å². The molecule has 146 valence electrons. The van der Waals surface area contributed by atoms with Crippen LogP contribution in [0, 0.1) is 11.3 Å². The maximum atomic E-state index is 6.89. The molecule has 1 unspecified atom stereocenters. The molecule has 2 aliphatic carbocycles. The van der Waals surface area contributed by atoms with Gasteiger partial charge in [-0.05, 0) is 68.0 Å². The van der Waals surface area contributed by atoms with Gasteiger partial charge in [0.2, 0.25) is 0 Å². The molecule has 0 radical (unpaired) electrons. The molecule has 26 heavy (non-hydrogen) atoms. The van der Waals surface area contributed by atoms with E-state index in [1.54, 1.807) is 12.4 Å². The predicted octanol–water partition coefficient (Wildman–Crippen LogP) is 7.81. The van der Waals surface area contributed by atoms with Crippen LogP contribution in [0.5, 0.6) is 0 Å². The number of nitrogens with zero attached hydrogens (tertiary/aromatic N) is 1. The lowest BCUT2D eigenvalue weighted by molar-refractivity contribution is -0.0321. The van der Waals surface area contributed by atoms with Gasteiger partial charge < -0.3 is 4.43 Å². The molecule has 1 aromatic heterocycles. The van der Waals surface area contributed by atoms with Crippen molar-refractivity contribution in [3.05, 3.63) is 28.0 Å². The average molecular weight is 414 g/mol. The summed E-state index contributed by atoms with van der Waals surface area (Å²) in [4.78, 5) is 4.14. The summed E-state index contributed by atoms with van der Waals surface area (Å²) in [6, 6.07) is 3.43. The molecule has 3 rings (SSSR count). The highest BCUT2D eigenvalue weighted by Crippen LogP contribution is 2.60. The van der Waals surface area contributed by atoms with E-state index < -0.39 is 8.32 Å². The van der Waals surface area contributed by atoms with E-state index in [9.17, 15) is 0 Å². The van der Waals surface area contributed by atoms with Crippen molar-refractivity contribution in [1.29, 1.82) is 0 Å². The molecule has 0 bridgehead atoms. The zero-order valence-corrected chi connectivity index (χ0v) is 19.0. The molecule has 1 atom stereocenters. The third-order valence-corrected chi connectivity index (χ3v) is 12.5. The molecule has 0 saturated heterocycles. The fourth-order valence-electron chi connectivity index (χ4n) is 5.13. The number of rotatable bonds is 9. The van der Waals surface area contributed by atoms with Gasteiger partial charge in [-0.15, -0.1) is 0 Å². The smallest absolute Gasteiger partial charge is 0.192 e. The first-order chi connectivity index (χ1) is 12.5. The number of hydrogen-bond acceptors (Lipinski definition) is 2. The zero-order valence-electron chi connectivity index (χ0n) is 16.5. The lowest BCUT2D eigenvalue weighted by atomic mass is 9.51. The van der Waals surface area contributed by atoms with Crippen LogP contribution in [0.15, 0.2) is 12.4 Å². The molecule has 0 aliphatic heterocycles. The fourth-order valence-corrected chi connectivity index (χ4v) is 8.58. The Morgan fingerprint density at radius 1 is 1.12 bits per heavy atom. The molecule has 1 aromatic rings. The highest BCUT2D eigenvalue weighted by atomic mass is 35.5. The number of aromatic nitrogens is 1. The van der Waals surface area contributed by atoms with Crippen LogP contribution >= 0.6 is 23.2 Å². The second-order valence-corrected chi connectivity index (χ2v) is 14.1. The molecule has 0 amide bonds. The Bertz CT molecular complexity index is 580. The lowest BCUT2D eigenvalue weighted by Gasteiger charge is -2.54. The summed E-state index contributed by atoms with van der Waals surface area (Å²) in [5, 5.41) is 1.30. The Morgan fingerprint density at radius 2 is 1.69 bits per heavy atom. The second-order valence-electron chi connectivity index (χ2n) is 8.57. The van der Waals surface area contributed by atoms with E-state index >= 15 is 0 Å². The Kier molecular flexibility index (Phi) is 6.75. The number of hydrogen-bond donors (Lipinski definition) is 0. The molecule has 2 saturated carbocycles. The topological polar surface area (TPSA) is 22.1 Å². The number of halogens is 2. The van der Waals surface area contributed by atoms with Crippen molar-refractivity contribution < 1.29 is 4.43 Å². The van der Waals surface area contributed by atoms with Crippen LogP contribution in [-0.4, -0.2) is 13.3 Å². The maximum Gasteiger partial charge on any atom is 0.192 e. The molecule has 0 aromatic carbocycles. The van der Waals surface area contributed by atoms with Crippen molar-refractivity contribution >= 4 is 31.5 Å². The predicted molar refractivity (Wildman–Crippen MR) is 114 cm³/mol. The third kappa shape index (κ3) is 4.16. The summed E-state index contributed by atoms with van der Waals surface area (Å²) in [5.41, 5.74) is 1.70. The molecular weight excluding hydrogens is 381 g/mol. The summed E-state index contributed by atoms with van der Waals surface area (Å²) in [7, 11) is -1.74. The van der Waals surface area contributed by atoms with Gasteiger partial charge in [-0.25, -0.2) is 0 Å². The van der Waals surface area contributed by atoms with E-state index in [2.05, 4.69) is 25.8 Å². The molecule has 0 N–H and O–H groups in total. The van der Waals surface area contributed by atoms with E-state index in [1.807, 2.05) is 0 Å². The minimum Gasteiger partial charge on any atom is -0.410 e. The second kappa shape index (κ2) is 8.51. The van der Waals surface area contributed by atoms with Gasteiger partial charge in [-0.2, -0.15) is 0 Å². The third-order valence-electron chi connectivity index (χ3n) is 7.23. The summed E-state index contributed by atoms with van der Waals surface area (Å²) >= 11 is 13.0. The van der Waals surface area contributed by atoms with Crippen molar-refractivity contribution in [2.75, 3.05) is 0 Å². The van der Waals surface area contributed by atoms with Gasteiger partial charge in [0, 0.05) is 18.0 Å². The van der Waals surface area contributed by atoms with Gasteiger partial charge in [0.05, 0.1) is 16.1 Å². The Hall–Kier alpha value is -0.0931. The molecule has 1 spiro atoms. The van der Waals surface area contributed by atoms with Crippen LogP contribution in [0.4, 0.5) is 0 Å². The number of pyridine rings is 1. The summed E-state index contributed by atoms with van der Waals surface area (Å²) < 4.78 is 6.89. The molecule has 5 heteroatoms. The first kappa shape index (κ1) is 20.6. The van der Waals surface area contributed by atoms with Gasteiger partial charge in [0.1, 0.15) is 0 Å². The van der Waals surface area contributed by atoms with Crippen LogP contribution in [0.1, 0.15) is 77.4 Å². The van der Waals surface area contributed by atoms with Gasteiger partial charge in [-0.3, -0.25) is 4.98 Å². The standard InChI is InChI=1S/C21H33Cl2NOSi/c1-4-26(5-2,6-3)25-19(20-17(22)14-24-15-18(20)23)9-8-16-12-21(13-16)10-7-11-21/h14-16,19H,4-13H2,1-3H3. The molecule has 2 fully saturated rings. The van der Waals surface area contributed by atoms with Crippen LogP contribution in [0.3, 0.4) is 0 Å². The SMILES string of the molecule is CC[Si](CC)(CC)OC(CCC1CC2(CCC2)C1)c1c(Cl)cncc1Cl. The highest BCUT2D eigenvalue weighted by Gasteiger charge is 2.47. The Morgan fingerprint density at radius 3 is 2.15 bits per heavy atom. The van der Waals surface area contributed by atoms with Crippen LogP contribution in [0.25, 0.3) is 0 Å². The highest BCUT2D eigenvalue weighted by molar-refractivity contribution is 6.73. The zero-order chi connectivity index (χ0) is 18.8. The van der Waals surface area contributed by atoms with Gasteiger partial charge in [-0.1, -0.05) is 50.4 Å². The van der Waals surface area contributed by atoms with Gasteiger partial charge >= 0.3 is 0 Å². The van der Waals surface area contributed by atoms with Gasteiger partial charge in [0.25, 0.3) is 0 Å². The minimum atomic E-state index is -1.74. The lowest BCUT2D eigenvalue weighted by Crippen LogP contribution is -2.43. The van der Waals surface area contributed by atoms with Gasteiger partial charge in [0.15, 0.2) is 8.32 Å². The van der Waals surface area contributed by atoms with Crippen molar-refractivity contribution in [3.63, 3.8) is 0 Å². The van der Waals surface area contributed by atoms with E-state index in [-0.39, 0.29) is 6.10 Å². The van der Waals surface area contributed by atoms with Crippen LogP contribution < -0.4 is 0 Å². The largest absolute Gasteiger partial charge is 0.410 e.